The third-order valence-corrected chi connectivity index (χ3v) is 7.91. The lowest BCUT2D eigenvalue weighted by Crippen LogP contribution is -2.49. The van der Waals surface area contributed by atoms with Gasteiger partial charge in [0.1, 0.15) is 6.17 Å². The van der Waals surface area contributed by atoms with Gasteiger partial charge in [-0.1, -0.05) is 48.5 Å². The van der Waals surface area contributed by atoms with Crippen molar-refractivity contribution in [1.29, 1.82) is 0 Å². The van der Waals surface area contributed by atoms with Crippen LogP contribution >= 0.6 is 0 Å². The molecule has 2 N–H and O–H groups in total. The topological polar surface area (TPSA) is 85.5 Å². The van der Waals surface area contributed by atoms with Crippen molar-refractivity contribution in [2.45, 2.75) is 37.9 Å². The molecular formula is C30H26N4O3. The number of benzene rings is 3. The van der Waals surface area contributed by atoms with Crippen LogP contribution in [0.4, 0.5) is 5.69 Å². The molecule has 0 radical (unpaired) electrons. The monoisotopic (exact) mass is 490 g/mol. The molecule has 7 heteroatoms. The maximum atomic E-state index is 13.6. The number of fused-ring (bicyclic) bond motifs is 8. The summed E-state index contributed by atoms with van der Waals surface area (Å²) in [6.45, 7) is 0.216. The summed E-state index contributed by atoms with van der Waals surface area (Å²) in [6, 6.07) is 22.8. The van der Waals surface area contributed by atoms with Crippen molar-refractivity contribution >= 4 is 34.3 Å². The third-order valence-electron chi connectivity index (χ3n) is 7.91. The molecule has 2 atom stereocenters. The average molecular weight is 491 g/mol. The Bertz CT molecular complexity index is 1590. The molecule has 0 spiro atoms. The van der Waals surface area contributed by atoms with Gasteiger partial charge in [-0.2, -0.15) is 0 Å². The molecule has 37 heavy (non-hydrogen) atoms. The Morgan fingerprint density at radius 2 is 1.68 bits per heavy atom. The van der Waals surface area contributed by atoms with Crippen LogP contribution in [-0.2, 0) is 11.2 Å². The molecule has 2 aliphatic heterocycles. The maximum absolute atomic E-state index is 13.6. The van der Waals surface area contributed by atoms with Crippen molar-refractivity contribution in [1.82, 2.24) is 15.2 Å². The molecule has 3 aromatic carbocycles. The summed E-state index contributed by atoms with van der Waals surface area (Å²) in [5, 5.41) is 4.43. The van der Waals surface area contributed by atoms with Crippen molar-refractivity contribution in [3.63, 3.8) is 0 Å². The Morgan fingerprint density at radius 3 is 2.57 bits per heavy atom. The van der Waals surface area contributed by atoms with Gasteiger partial charge in [0.15, 0.2) is 0 Å². The van der Waals surface area contributed by atoms with Gasteiger partial charge < -0.3 is 15.2 Å². The van der Waals surface area contributed by atoms with Crippen molar-refractivity contribution in [3.8, 4) is 0 Å². The molecule has 3 heterocycles. The lowest BCUT2D eigenvalue weighted by Gasteiger charge is -2.40. The average Bonchev–Trinajstić information content (AvgIpc) is 3.45. The summed E-state index contributed by atoms with van der Waals surface area (Å²) in [6.07, 6.45) is 2.49. The van der Waals surface area contributed by atoms with Gasteiger partial charge in [0.2, 0.25) is 5.91 Å². The molecule has 1 aromatic heterocycles. The van der Waals surface area contributed by atoms with E-state index in [-0.39, 0.29) is 36.7 Å². The molecule has 184 valence electrons. The normalized spacial score (nSPS) is 19.9. The van der Waals surface area contributed by atoms with Gasteiger partial charge in [-0.25, -0.2) is 0 Å². The number of aromatic nitrogens is 1. The molecular weight excluding hydrogens is 464 g/mol. The van der Waals surface area contributed by atoms with Gasteiger partial charge in [-0.05, 0) is 49.1 Å². The minimum atomic E-state index is -0.547. The molecule has 0 bridgehead atoms. The van der Waals surface area contributed by atoms with Crippen LogP contribution in [-0.4, -0.2) is 34.2 Å². The lowest BCUT2D eigenvalue weighted by atomic mass is 9.91. The van der Waals surface area contributed by atoms with Crippen LogP contribution in [0.3, 0.4) is 0 Å². The van der Waals surface area contributed by atoms with Crippen LogP contribution in [0, 0.1) is 0 Å². The number of hydrogen-bond acceptors (Lipinski definition) is 3. The maximum Gasteiger partial charge on any atom is 0.260 e. The fourth-order valence-electron chi connectivity index (χ4n) is 6.25. The summed E-state index contributed by atoms with van der Waals surface area (Å²) >= 11 is 0. The van der Waals surface area contributed by atoms with Crippen LogP contribution in [0.2, 0.25) is 0 Å². The molecule has 7 rings (SSSR count). The number of hydrogen-bond donors (Lipinski definition) is 2. The zero-order valence-electron chi connectivity index (χ0n) is 20.2. The Hall–Kier alpha value is -4.39. The smallest absolute Gasteiger partial charge is 0.260 e. The molecule has 0 saturated carbocycles. The summed E-state index contributed by atoms with van der Waals surface area (Å²) in [5.41, 5.74) is 5.96. The van der Waals surface area contributed by atoms with Gasteiger partial charge in [-0.15, -0.1) is 0 Å². The Morgan fingerprint density at radius 1 is 0.919 bits per heavy atom. The number of nitrogens with zero attached hydrogens (tertiary/aromatic N) is 2. The number of aryl methyl sites for hydroxylation is 1. The highest BCUT2D eigenvalue weighted by Gasteiger charge is 2.47. The summed E-state index contributed by atoms with van der Waals surface area (Å²) in [5.74, 6) is -0.388. The first kappa shape index (κ1) is 21.9. The molecule has 4 aromatic rings. The first-order valence-corrected chi connectivity index (χ1v) is 12.8. The van der Waals surface area contributed by atoms with Gasteiger partial charge in [0.05, 0.1) is 17.3 Å². The molecule has 1 aliphatic carbocycles. The fraction of sp³-hybridized carbons (Fsp3) is 0.233. The predicted molar refractivity (Wildman–Crippen MR) is 140 cm³/mol. The summed E-state index contributed by atoms with van der Waals surface area (Å²) in [7, 11) is 0. The van der Waals surface area contributed by atoms with Crippen molar-refractivity contribution in [2.75, 3.05) is 11.4 Å². The number of amides is 3. The number of nitrogens with one attached hydrogen (secondary N) is 2. The standard InChI is InChI=1S/C30H26N4O3/c35-26(31-24-14-7-12-19-18-8-3-5-13-23(18)32-27(19)24)16-17-33-28-20-9-1-2-10-21(20)30(37)34(28)25-15-6-4-11-22(25)29(33)36/h1-6,8-11,13,15,24,28,32H,7,12,14,16-17H2,(H,31,35)/t24-,28+/m1/s1. The quantitative estimate of drug-likeness (QED) is 0.428. The van der Waals surface area contributed by atoms with Crippen LogP contribution in [0.15, 0.2) is 72.8 Å². The summed E-state index contributed by atoms with van der Waals surface area (Å²) in [4.78, 5) is 47.0. The highest BCUT2D eigenvalue weighted by molar-refractivity contribution is 6.16. The van der Waals surface area contributed by atoms with Crippen LogP contribution in [0.25, 0.3) is 10.9 Å². The van der Waals surface area contributed by atoms with E-state index >= 15 is 0 Å². The fourth-order valence-corrected chi connectivity index (χ4v) is 6.25. The highest BCUT2D eigenvalue weighted by atomic mass is 16.2. The van der Waals surface area contributed by atoms with Crippen molar-refractivity contribution in [2.24, 2.45) is 0 Å². The minimum absolute atomic E-state index is 0.0771. The van der Waals surface area contributed by atoms with Crippen molar-refractivity contribution in [3.05, 3.63) is 101 Å². The van der Waals surface area contributed by atoms with Crippen LogP contribution < -0.4 is 10.2 Å². The van der Waals surface area contributed by atoms with E-state index in [9.17, 15) is 14.4 Å². The highest BCUT2D eigenvalue weighted by Crippen LogP contribution is 2.45. The number of anilines is 1. The first-order chi connectivity index (χ1) is 18.1. The van der Waals surface area contributed by atoms with E-state index in [2.05, 4.69) is 22.4 Å². The number of carbonyl (C=O) groups excluding carboxylic acids is 3. The molecule has 0 fully saturated rings. The van der Waals surface area contributed by atoms with E-state index in [0.29, 0.717) is 16.8 Å². The third kappa shape index (κ3) is 3.30. The zero-order valence-corrected chi connectivity index (χ0v) is 20.2. The van der Waals surface area contributed by atoms with Gasteiger partial charge in [0.25, 0.3) is 11.8 Å². The number of aromatic amines is 1. The van der Waals surface area contributed by atoms with Gasteiger partial charge in [-0.3, -0.25) is 19.3 Å². The number of rotatable bonds is 4. The second kappa shape index (κ2) is 8.34. The second-order valence-electron chi connectivity index (χ2n) is 9.98. The van der Waals surface area contributed by atoms with E-state index in [1.807, 2.05) is 42.5 Å². The molecule has 3 aliphatic rings. The van der Waals surface area contributed by atoms with E-state index < -0.39 is 6.17 Å². The van der Waals surface area contributed by atoms with Gasteiger partial charge in [0, 0.05) is 40.7 Å². The molecule has 0 saturated heterocycles. The Kier molecular flexibility index (Phi) is 4.92. The largest absolute Gasteiger partial charge is 0.356 e. The zero-order chi connectivity index (χ0) is 25.1. The predicted octanol–water partition coefficient (Wildman–Crippen LogP) is 4.87. The molecule has 7 nitrogen and oxygen atoms in total. The molecule has 0 unspecified atom stereocenters. The van der Waals surface area contributed by atoms with Gasteiger partial charge >= 0.3 is 0 Å². The SMILES string of the molecule is O=C(CCN1C(=O)c2ccccc2N2C(=O)c3ccccc3[C@@H]12)N[C@@H]1CCCc2c1[nH]c1ccccc21. The van der Waals surface area contributed by atoms with E-state index in [4.69, 9.17) is 0 Å². The van der Waals surface area contributed by atoms with Crippen LogP contribution in [0.1, 0.15) is 69.0 Å². The first-order valence-electron chi connectivity index (χ1n) is 12.8. The summed E-state index contributed by atoms with van der Waals surface area (Å²) < 4.78 is 0. The second-order valence-corrected chi connectivity index (χ2v) is 9.98. The Labute approximate surface area is 214 Å². The van der Waals surface area contributed by atoms with E-state index in [1.54, 1.807) is 28.0 Å². The Balaban J connectivity index is 1.15. The van der Waals surface area contributed by atoms with E-state index in [0.717, 1.165) is 36.0 Å². The lowest BCUT2D eigenvalue weighted by molar-refractivity contribution is -0.122. The van der Waals surface area contributed by atoms with E-state index in [1.165, 1.54) is 10.9 Å². The van der Waals surface area contributed by atoms with Crippen LogP contribution in [0.5, 0.6) is 0 Å². The van der Waals surface area contributed by atoms with Crippen molar-refractivity contribution < 1.29 is 14.4 Å². The minimum Gasteiger partial charge on any atom is -0.356 e. The number of carbonyl (C=O) groups is 3. The molecule has 3 amide bonds. The number of H-pyrrole nitrogens is 1. The number of para-hydroxylation sites is 2.